The SMILES string of the molecule is O=C(CCCOc1ccccc1)NCc1ccc(-c2nc(-c3ccccc3)cs2)cc1. The molecule has 0 aliphatic rings. The van der Waals surface area contributed by atoms with Crippen LogP contribution in [0.4, 0.5) is 0 Å². The van der Waals surface area contributed by atoms with E-state index in [0.29, 0.717) is 26.0 Å². The largest absolute Gasteiger partial charge is 0.494 e. The van der Waals surface area contributed by atoms with Gasteiger partial charge < -0.3 is 10.1 Å². The van der Waals surface area contributed by atoms with E-state index in [1.165, 1.54) is 0 Å². The van der Waals surface area contributed by atoms with Crippen LogP contribution in [0.25, 0.3) is 21.8 Å². The summed E-state index contributed by atoms with van der Waals surface area (Å²) in [5.74, 6) is 0.868. The van der Waals surface area contributed by atoms with E-state index in [1.54, 1.807) is 11.3 Å². The van der Waals surface area contributed by atoms with Crippen LogP contribution in [-0.4, -0.2) is 17.5 Å². The summed E-state index contributed by atoms with van der Waals surface area (Å²) in [5, 5.41) is 6.05. The van der Waals surface area contributed by atoms with Gasteiger partial charge in [-0.15, -0.1) is 11.3 Å². The van der Waals surface area contributed by atoms with Crippen LogP contribution in [0.1, 0.15) is 18.4 Å². The summed E-state index contributed by atoms with van der Waals surface area (Å²) in [6.45, 7) is 1.05. The number of nitrogens with zero attached hydrogens (tertiary/aromatic N) is 1. The molecule has 4 rings (SSSR count). The van der Waals surface area contributed by atoms with Gasteiger partial charge in [0, 0.05) is 29.5 Å². The Morgan fingerprint density at radius 2 is 1.58 bits per heavy atom. The summed E-state index contributed by atoms with van der Waals surface area (Å²) in [4.78, 5) is 16.8. The van der Waals surface area contributed by atoms with Gasteiger partial charge in [0.15, 0.2) is 0 Å². The molecule has 1 heterocycles. The lowest BCUT2D eigenvalue weighted by Gasteiger charge is -2.07. The summed E-state index contributed by atoms with van der Waals surface area (Å²) in [6.07, 6.45) is 1.14. The van der Waals surface area contributed by atoms with Gasteiger partial charge in [0.2, 0.25) is 5.91 Å². The highest BCUT2D eigenvalue weighted by Gasteiger charge is 2.07. The Kier molecular flexibility index (Phi) is 7.08. The highest BCUT2D eigenvalue weighted by atomic mass is 32.1. The maximum atomic E-state index is 12.1. The van der Waals surface area contributed by atoms with Crippen molar-refractivity contribution in [1.29, 1.82) is 0 Å². The third kappa shape index (κ3) is 6.03. The van der Waals surface area contributed by atoms with Crippen LogP contribution < -0.4 is 10.1 Å². The number of benzene rings is 3. The molecule has 31 heavy (non-hydrogen) atoms. The Morgan fingerprint density at radius 3 is 2.32 bits per heavy atom. The molecule has 0 fully saturated rings. The van der Waals surface area contributed by atoms with E-state index in [-0.39, 0.29) is 5.91 Å². The van der Waals surface area contributed by atoms with Crippen molar-refractivity contribution in [2.75, 3.05) is 6.61 Å². The number of ether oxygens (including phenoxy) is 1. The molecule has 1 N–H and O–H groups in total. The number of carbonyl (C=O) groups is 1. The standard InChI is InChI=1S/C26H24N2O2S/c29-25(12-7-17-30-23-10-5-2-6-11-23)27-18-20-13-15-22(16-14-20)26-28-24(19-31-26)21-8-3-1-4-9-21/h1-6,8-11,13-16,19H,7,12,17-18H2,(H,27,29). The molecule has 156 valence electrons. The lowest BCUT2D eigenvalue weighted by molar-refractivity contribution is -0.121. The van der Waals surface area contributed by atoms with Gasteiger partial charge in [0.1, 0.15) is 10.8 Å². The van der Waals surface area contributed by atoms with E-state index in [2.05, 4.69) is 35.0 Å². The van der Waals surface area contributed by atoms with Crippen molar-refractivity contribution in [3.8, 4) is 27.6 Å². The first-order valence-corrected chi connectivity index (χ1v) is 11.2. The topological polar surface area (TPSA) is 51.2 Å². The fourth-order valence-corrected chi connectivity index (χ4v) is 3.98. The minimum absolute atomic E-state index is 0.0353. The number of thiazole rings is 1. The molecule has 1 aromatic heterocycles. The van der Waals surface area contributed by atoms with Crippen molar-refractivity contribution >= 4 is 17.2 Å². The first kappa shape index (κ1) is 20.8. The van der Waals surface area contributed by atoms with E-state index in [4.69, 9.17) is 9.72 Å². The molecule has 0 spiro atoms. The first-order valence-electron chi connectivity index (χ1n) is 10.3. The second-order valence-corrected chi connectivity index (χ2v) is 8.00. The van der Waals surface area contributed by atoms with E-state index in [0.717, 1.165) is 33.1 Å². The Hall–Kier alpha value is -3.44. The summed E-state index contributed by atoms with van der Waals surface area (Å²) in [5.41, 5.74) is 4.27. The molecular weight excluding hydrogens is 404 g/mol. The predicted octanol–water partition coefficient (Wildman–Crippen LogP) is 5.95. The lowest BCUT2D eigenvalue weighted by Crippen LogP contribution is -2.22. The molecule has 0 aliphatic heterocycles. The molecule has 0 unspecified atom stereocenters. The third-order valence-electron chi connectivity index (χ3n) is 4.82. The van der Waals surface area contributed by atoms with Crippen LogP contribution >= 0.6 is 11.3 Å². The summed E-state index contributed by atoms with van der Waals surface area (Å²) < 4.78 is 5.62. The zero-order valence-electron chi connectivity index (χ0n) is 17.2. The van der Waals surface area contributed by atoms with Gasteiger partial charge in [0.25, 0.3) is 0 Å². The Labute approximate surface area is 186 Å². The van der Waals surface area contributed by atoms with Gasteiger partial charge in [-0.2, -0.15) is 0 Å². The third-order valence-corrected chi connectivity index (χ3v) is 5.72. The van der Waals surface area contributed by atoms with Crippen LogP contribution in [0.5, 0.6) is 5.75 Å². The lowest BCUT2D eigenvalue weighted by atomic mass is 10.1. The van der Waals surface area contributed by atoms with Crippen molar-refractivity contribution in [2.45, 2.75) is 19.4 Å². The second-order valence-electron chi connectivity index (χ2n) is 7.14. The molecule has 3 aromatic carbocycles. The fraction of sp³-hybridized carbons (Fsp3) is 0.154. The Bertz CT molecular complexity index is 1090. The highest BCUT2D eigenvalue weighted by Crippen LogP contribution is 2.28. The van der Waals surface area contributed by atoms with Crippen molar-refractivity contribution in [2.24, 2.45) is 0 Å². The van der Waals surface area contributed by atoms with Crippen molar-refractivity contribution in [3.63, 3.8) is 0 Å². The van der Waals surface area contributed by atoms with Crippen molar-refractivity contribution in [1.82, 2.24) is 10.3 Å². The zero-order valence-corrected chi connectivity index (χ0v) is 18.0. The van der Waals surface area contributed by atoms with Crippen LogP contribution in [0, 0.1) is 0 Å². The van der Waals surface area contributed by atoms with Crippen molar-refractivity contribution in [3.05, 3.63) is 95.9 Å². The second kappa shape index (κ2) is 10.5. The molecule has 5 heteroatoms. The van der Waals surface area contributed by atoms with Gasteiger partial charge in [-0.05, 0) is 24.1 Å². The molecule has 4 aromatic rings. The average molecular weight is 429 g/mol. The number of aromatic nitrogens is 1. The molecule has 0 saturated carbocycles. The van der Waals surface area contributed by atoms with Crippen LogP contribution in [0.3, 0.4) is 0 Å². The molecule has 0 bridgehead atoms. The zero-order chi connectivity index (χ0) is 21.3. The normalized spacial score (nSPS) is 10.6. The number of rotatable bonds is 9. The molecular formula is C26H24N2O2S. The summed E-state index contributed by atoms with van der Waals surface area (Å²) >= 11 is 1.64. The maximum absolute atomic E-state index is 12.1. The fourth-order valence-electron chi connectivity index (χ4n) is 3.14. The molecule has 0 saturated heterocycles. The van der Waals surface area contributed by atoms with E-state index < -0.39 is 0 Å². The highest BCUT2D eigenvalue weighted by molar-refractivity contribution is 7.13. The van der Waals surface area contributed by atoms with Crippen LogP contribution in [0.15, 0.2) is 90.3 Å². The van der Waals surface area contributed by atoms with Crippen LogP contribution in [-0.2, 0) is 11.3 Å². The number of hydrogen-bond acceptors (Lipinski definition) is 4. The summed E-state index contributed by atoms with van der Waals surface area (Å²) in [6, 6.07) is 28.0. The summed E-state index contributed by atoms with van der Waals surface area (Å²) in [7, 11) is 0. The van der Waals surface area contributed by atoms with Gasteiger partial charge >= 0.3 is 0 Å². The number of carbonyl (C=O) groups excluding carboxylic acids is 1. The Balaban J connectivity index is 1.22. The minimum atomic E-state index is 0.0353. The van der Waals surface area contributed by atoms with E-state index in [1.807, 2.05) is 60.7 Å². The molecule has 4 nitrogen and oxygen atoms in total. The number of nitrogens with one attached hydrogen (secondary N) is 1. The quantitative estimate of drug-likeness (QED) is 0.335. The number of hydrogen-bond donors (Lipinski definition) is 1. The molecule has 0 radical (unpaired) electrons. The number of para-hydroxylation sites is 1. The first-order chi connectivity index (χ1) is 15.3. The average Bonchev–Trinajstić information content (AvgIpc) is 3.32. The smallest absolute Gasteiger partial charge is 0.220 e. The van der Waals surface area contributed by atoms with E-state index >= 15 is 0 Å². The van der Waals surface area contributed by atoms with Gasteiger partial charge in [-0.25, -0.2) is 4.98 Å². The van der Waals surface area contributed by atoms with Crippen molar-refractivity contribution < 1.29 is 9.53 Å². The van der Waals surface area contributed by atoms with Gasteiger partial charge in [-0.1, -0.05) is 72.8 Å². The molecule has 1 amide bonds. The predicted molar refractivity (Wildman–Crippen MR) is 126 cm³/mol. The van der Waals surface area contributed by atoms with Gasteiger partial charge in [-0.3, -0.25) is 4.79 Å². The van der Waals surface area contributed by atoms with Gasteiger partial charge in [0.05, 0.1) is 12.3 Å². The molecule has 0 atom stereocenters. The molecule has 0 aliphatic carbocycles. The Morgan fingerprint density at radius 1 is 0.871 bits per heavy atom. The monoisotopic (exact) mass is 428 g/mol. The number of amides is 1. The minimum Gasteiger partial charge on any atom is -0.494 e. The van der Waals surface area contributed by atoms with E-state index in [9.17, 15) is 4.79 Å². The van der Waals surface area contributed by atoms with Crippen LogP contribution in [0.2, 0.25) is 0 Å². The maximum Gasteiger partial charge on any atom is 0.220 e.